The number of aromatic nitrogens is 2. The third-order valence-corrected chi connectivity index (χ3v) is 5.01. The van der Waals surface area contributed by atoms with Gasteiger partial charge in [-0.15, -0.1) is 0 Å². The molecular weight excluding hydrogens is 338 g/mol. The Morgan fingerprint density at radius 3 is 2.64 bits per heavy atom. The van der Waals surface area contributed by atoms with Gasteiger partial charge in [0.05, 0.1) is 5.69 Å². The first-order chi connectivity index (χ1) is 12.0. The third kappa shape index (κ3) is 4.48. The van der Waals surface area contributed by atoms with Gasteiger partial charge in [-0.25, -0.2) is 4.68 Å². The van der Waals surface area contributed by atoms with Crippen LogP contribution in [-0.2, 0) is 11.3 Å². The second kappa shape index (κ2) is 7.83. The van der Waals surface area contributed by atoms with Gasteiger partial charge in [0.2, 0.25) is 5.91 Å². The first-order valence-corrected chi connectivity index (χ1v) is 9.04. The van der Waals surface area contributed by atoms with Gasteiger partial charge in [-0.2, -0.15) is 5.10 Å². The summed E-state index contributed by atoms with van der Waals surface area (Å²) in [5.74, 6) is 0.310. The van der Waals surface area contributed by atoms with Crippen LogP contribution in [0.15, 0.2) is 41.2 Å². The Bertz CT molecular complexity index is 801. The van der Waals surface area contributed by atoms with Crippen LogP contribution < -0.4 is 10.9 Å². The summed E-state index contributed by atoms with van der Waals surface area (Å²) in [6.45, 7) is 2.10. The highest BCUT2D eigenvalue weighted by Crippen LogP contribution is 2.23. The van der Waals surface area contributed by atoms with E-state index in [2.05, 4.69) is 17.3 Å². The highest BCUT2D eigenvalue weighted by molar-refractivity contribution is 6.30. The van der Waals surface area contributed by atoms with Gasteiger partial charge in [0.15, 0.2) is 0 Å². The molecule has 132 valence electrons. The monoisotopic (exact) mass is 359 g/mol. The lowest BCUT2D eigenvalue weighted by molar-refractivity contribution is -0.123. The maximum absolute atomic E-state index is 12.3. The lowest BCUT2D eigenvalue weighted by Gasteiger charge is -2.29. The Morgan fingerprint density at radius 1 is 1.20 bits per heavy atom. The second-order valence-electron chi connectivity index (χ2n) is 6.66. The number of hydrogen-bond donors (Lipinski definition) is 1. The van der Waals surface area contributed by atoms with Crippen LogP contribution in [0.25, 0.3) is 11.3 Å². The summed E-state index contributed by atoms with van der Waals surface area (Å²) < 4.78 is 1.22. The van der Waals surface area contributed by atoms with E-state index in [0.717, 1.165) is 24.8 Å². The molecule has 1 aromatic carbocycles. The van der Waals surface area contributed by atoms with Gasteiger partial charge in [0.1, 0.15) is 6.54 Å². The average molecular weight is 360 g/mol. The molecule has 3 rings (SSSR count). The van der Waals surface area contributed by atoms with Crippen LogP contribution >= 0.6 is 11.6 Å². The molecule has 25 heavy (non-hydrogen) atoms. The summed E-state index contributed by atoms with van der Waals surface area (Å²) in [6.07, 6.45) is 4.49. The molecule has 0 saturated heterocycles. The van der Waals surface area contributed by atoms with E-state index in [4.69, 9.17) is 11.6 Å². The van der Waals surface area contributed by atoms with Gasteiger partial charge in [-0.3, -0.25) is 9.59 Å². The molecule has 2 aromatic rings. The summed E-state index contributed by atoms with van der Waals surface area (Å²) in [7, 11) is 0. The van der Waals surface area contributed by atoms with Crippen molar-refractivity contribution in [2.75, 3.05) is 0 Å². The van der Waals surface area contributed by atoms with Crippen molar-refractivity contribution in [3.63, 3.8) is 0 Å². The molecule has 0 aliphatic heterocycles. The highest BCUT2D eigenvalue weighted by Gasteiger charge is 2.23. The Labute approximate surface area is 152 Å². The Balaban J connectivity index is 1.73. The van der Waals surface area contributed by atoms with Gasteiger partial charge >= 0.3 is 0 Å². The summed E-state index contributed by atoms with van der Waals surface area (Å²) in [6, 6.07) is 10.5. The molecule has 1 aromatic heterocycles. The molecule has 0 spiro atoms. The minimum Gasteiger partial charge on any atom is -0.351 e. The van der Waals surface area contributed by atoms with Crippen LogP contribution in [0.3, 0.4) is 0 Å². The zero-order valence-electron chi connectivity index (χ0n) is 14.2. The van der Waals surface area contributed by atoms with Crippen LogP contribution in [0, 0.1) is 5.92 Å². The Kier molecular flexibility index (Phi) is 5.53. The van der Waals surface area contributed by atoms with Crippen LogP contribution in [0.2, 0.25) is 5.02 Å². The molecule has 0 radical (unpaired) electrons. The van der Waals surface area contributed by atoms with Crippen molar-refractivity contribution in [2.45, 2.75) is 45.2 Å². The number of halogens is 1. The Morgan fingerprint density at radius 2 is 1.92 bits per heavy atom. The fourth-order valence-corrected chi connectivity index (χ4v) is 3.38. The molecular formula is C19H22ClN3O2. The van der Waals surface area contributed by atoms with E-state index in [1.165, 1.54) is 17.2 Å². The molecule has 1 N–H and O–H groups in total. The topological polar surface area (TPSA) is 64.0 Å². The molecule has 0 bridgehead atoms. The van der Waals surface area contributed by atoms with E-state index in [1.807, 2.05) is 12.1 Å². The van der Waals surface area contributed by atoms with Crippen molar-refractivity contribution in [3.05, 3.63) is 51.8 Å². The molecule has 0 unspecified atom stereocenters. The van der Waals surface area contributed by atoms with E-state index in [-0.39, 0.29) is 24.1 Å². The molecule has 1 aliphatic rings. The van der Waals surface area contributed by atoms with Gasteiger partial charge in [-0.05, 0) is 37.0 Å². The van der Waals surface area contributed by atoms with Crippen molar-refractivity contribution >= 4 is 17.5 Å². The fourth-order valence-electron chi connectivity index (χ4n) is 3.26. The predicted molar refractivity (Wildman–Crippen MR) is 98.5 cm³/mol. The number of carbonyl (C=O) groups excluding carboxylic acids is 1. The fraction of sp³-hybridized carbons (Fsp3) is 0.421. The number of benzene rings is 1. The predicted octanol–water partition coefficient (Wildman–Crippen LogP) is 3.26. The summed E-state index contributed by atoms with van der Waals surface area (Å²) >= 11 is 5.90. The SMILES string of the molecule is C[C@@H]1CCCC[C@@H]1NC(=O)Cn1nc(-c2ccc(Cl)cc2)ccc1=O. The first-order valence-electron chi connectivity index (χ1n) is 8.66. The summed E-state index contributed by atoms with van der Waals surface area (Å²) in [5.41, 5.74) is 1.19. The molecule has 1 amide bonds. The normalized spacial score (nSPS) is 20.2. The molecule has 2 atom stereocenters. The number of carbonyl (C=O) groups is 1. The minimum absolute atomic E-state index is 0.0660. The van der Waals surface area contributed by atoms with E-state index >= 15 is 0 Å². The number of hydrogen-bond acceptors (Lipinski definition) is 3. The van der Waals surface area contributed by atoms with E-state index in [9.17, 15) is 9.59 Å². The minimum atomic E-state index is -0.287. The third-order valence-electron chi connectivity index (χ3n) is 4.76. The van der Waals surface area contributed by atoms with E-state index in [0.29, 0.717) is 16.6 Å². The van der Waals surface area contributed by atoms with Crippen LogP contribution in [0.4, 0.5) is 0 Å². The van der Waals surface area contributed by atoms with Crippen LogP contribution in [-0.4, -0.2) is 21.7 Å². The van der Waals surface area contributed by atoms with Crippen molar-refractivity contribution < 1.29 is 4.79 Å². The lowest BCUT2D eigenvalue weighted by atomic mass is 9.86. The van der Waals surface area contributed by atoms with Crippen molar-refractivity contribution in [1.29, 1.82) is 0 Å². The molecule has 6 heteroatoms. The van der Waals surface area contributed by atoms with Gasteiger partial charge < -0.3 is 5.32 Å². The number of amides is 1. The standard InChI is InChI=1S/C19H22ClN3O2/c1-13-4-2-3-5-16(13)21-18(24)12-23-19(25)11-10-17(22-23)14-6-8-15(20)9-7-14/h6-11,13,16H,2-5,12H2,1H3,(H,21,24)/t13-,16+/m1/s1. The lowest BCUT2D eigenvalue weighted by Crippen LogP contribution is -2.43. The zero-order chi connectivity index (χ0) is 17.8. The summed E-state index contributed by atoms with van der Waals surface area (Å²) in [4.78, 5) is 24.4. The molecule has 1 fully saturated rings. The van der Waals surface area contributed by atoms with E-state index < -0.39 is 0 Å². The maximum atomic E-state index is 12.3. The quantitative estimate of drug-likeness (QED) is 0.911. The average Bonchev–Trinajstić information content (AvgIpc) is 2.60. The molecule has 1 heterocycles. The zero-order valence-corrected chi connectivity index (χ0v) is 15.0. The van der Waals surface area contributed by atoms with E-state index in [1.54, 1.807) is 18.2 Å². The number of rotatable bonds is 4. The number of nitrogens with one attached hydrogen (secondary N) is 1. The van der Waals surface area contributed by atoms with Crippen molar-refractivity contribution in [2.24, 2.45) is 5.92 Å². The van der Waals surface area contributed by atoms with Gasteiger partial charge in [-0.1, -0.05) is 43.5 Å². The Hall–Kier alpha value is -2.14. The molecule has 1 aliphatic carbocycles. The first kappa shape index (κ1) is 17.7. The van der Waals surface area contributed by atoms with Crippen LogP contribution in [0.5, 0.6) is 0 Å². The van der Waals surface area contributed by atoms with Gasteiger partial charge in [0, 0.05) is 22.7 Å². The largest absolute Gasteiger partial charge is 0.351 e. The van der Waals surface area contributed by atoms with Crippen molar-refractivity contribution in [3.8, 4) is 11.3 Å². The smallest absolute Gasteiger partial charge is 0.267 e. The number of nitrogens with zero attached hydrogens (tertiary/aromatic N) is 2. The van der Waals surface area contributed by atoms with Gasteiger partial charge in [0.25, 0.3) is 5.56 Å². The van der Waals surface area contributed by atoms with Crippen LogP contribution in [0.1, 0.15) is 32.6 Å². The van der Waals surface area contributed by atoms with Crippen molar-refractivity contribution in [1.82, 2.24) is 15.1 Å². The maximum Gasteiger partial charge on any atom is 0.267 e. The molecule has 5 nitrogen and oxygen atoms in total. The molecule has 1 saturated carbocycles. The summed E-state index contributed by atoms with van der Waals surface area (Å²) in [5, 5.41) is 8.02. The second-order valence-corrected chi connectivity index (χ2v) is 7.09. The highest BCUT2D eigenvalue weighted by atomic mass is 35.5.